The van der Waals surface area contributed by atoms with Crippen LogP contribution in [0.3, 0.4) is 0 Å². The number of amides is 2. The molecule has 2 unspecified atom stereocenters. The second-order valence-corrected chi connectivity index (χ2v) is 4.73. The molecular formula is C11H18N2O4. The van der Waals surface area contributed by atoms with Crippen LogP contribution in [0.1, 0.15) is 19.3 Å². The van der Waals surface area contributed by atoms with Crippen molar-refractivity contribution in [1.29, 1.82) is 0 Å². The lowest BCUT2D eigenvalue weighted by atomic mass is 10.2. The standard InChI is InChI=1S/C11H18N2O4/c1-13(8-4-5-17-6-8)11(16)12-9(10(14)15)7-2-3-7/h7-9H,2-6H2,1H3,(H,12,16)(H,14,15). The predicted molar refractivity (Wildman–Crippen MR) is 59.7 cm³/mol. The summed E-state index contributed by atoms with van der Waals surface area (Å²) >= 11 is 0. The Morgan fingerprint density at radius 3 is 2.59 bits per heavy atom. The Balaban J connectivity index is 1.87. The van der Waals surface area contributed by atoms with Gasteiger partial charge in [-0.15, -0.1) is 0 Å². The number of carbonyl (C=O) groups excluding carboxylic acids is 1. The van der Waals surface area contributed by atoms with Crippen molar-refractivity contribution in [2.45, 2.75) is 31.3 Å². The molecule has 1 aliphatic carbocycles. The van der Waals surface area contributed by atoms with Gasteiger partial charge < -0.3 is 20.1 Å². The van der Waals surface area contributed by atoms with E-state index in [0.29, 0.717) is 13.2 Å². The van der Waals surface area contributed by atoms with Gasteiger partial charge in [-0.05, 0) is 25.2 Å². The zero-order chi connectivity index (χ0) is 12.4. The molecule has 17 heavy (non-hydrogen) atoms. The third kappa shape index (κ3) is 2.88. The molecule has 0 spiro atoms. The maximum Gasteiger partial charge on any atom is 0.326 e. The number of nitrogens with zero attached hydrogens (tertiary/aromatic N) is 1. The highest BCUT2D eigenvalue weighted by Crippen LogP contribution is 2.32. The topological polar surface area (TPSA) is 78.9 Å². The Bertz CT molecular complexity index is 311. The van der Waals surface area contributed by atoms with Crippen molar-refractivity contribution in [3.63, 3.8) is 0 Å². The third-order valence-corrected chi connectivity index (χ3v) is 3.41. The van der Waals surface area contributed by atoms with Crippen molar-refractivity contribution in [2.75, 3.05) is 20.3 Å². The summed E-state index contributed by atoms with van der Waals surface area (Å²) in [6.07, 6.45) is 2.58. The van der Waals surface area contributed by atoms with Gasteiger partial charge in [0.2, 0.25) is 0 Å². The molecule has 1 heterocycles. The van der Waals surface area contributed by atoms with E-state index < -0.39 is 12.0 Å². The van der Waals surface area contributed by atoms with E-state index in [1.807, 2.05) is 0 Å². The van der Waals surface area contributed by atoms with E-state index in [4.69, 9.17) is 9.84 Å². The number of nitrogens with one attached hydrogen (secondary N) is 1. The normalized spacial score (nSPS) is 25.4. The first-order chi connectivity index (χ1) is 8.09. The van der Waals surface area contributed by atoms with Crippen LogP contribution >= 0.6 is 0 Å². The van der Waals surface area contributed by atoms with E-state index in [2.05, 4.69) is 5.32 Å². The molecule has 1 saturated carbocycles. The summed E-state index contributed by atoms with van der Waals surface area (Å²) in [6, 6.07) is -1.00. The number of likely N-dealkylation sites (N-methyl/N-ethyl adjacent to an activating group) is 1. The van der Waals surface area contributed by atoms with Crippen molar-refractivity contribution in [3.05, 3.63) is 0 Å². The highest BCUT2D eigenvalue weighted by atomic mass is 16.5. The van der Waals surface area contributed by atoms with Gasteiger partial charge in [-0.25, -0.2) is 9.59 Å². The fourth-order valence-corrected chi connectivity index (χ4v) is 2.04. The number of urea groups is 1. The number of hydrogen-bond donors (Lipinski definition) is 2. The van der Waals surface area contributed by atoms with E-state index in [0.717, 1.165) is 19.3 Å². The smallest absolute Gasteiger partial charge is 0.326 e. The molecule has 6 heteroatoms. The molecule has 0 aromatic rings. The minimum atomic E-state index is -0.947. The van der Waals surface area contributed by atoms with Crippen LogP contribution in [-0.4, -0.2) is 54.4 Å². The maximum atomic E-state index is 11.9. The SMILES string of the molecule is CN(C(=O)NC(C(=O)O)C1CC1)C1CCOC1. The summed E-state index contributed by atoms with van der Waals surface area (Å²) < 4.78 is 5.20. The molecule has 0 aromatic carbocycles. The molecule has 2 aliphatic rings. The number of rotatable bonds is 4. The van der Waals surface area contributed by atoms with Crippen LogP contribution in [-0.2, 0) is 9.53 Å². The highest BCUT2D eigenvalue weighted by molar-refractivity contribution is 5.83. The van der Waals surface area contributed by atoms with E-state index in [1.165, 1.54) is 0 Å². The van der Waals surface area contributed by atoms with E-state index in [1.54, 1.807) is 11.9 Å². The first-order valence-electron chi connectivity index (χ1n) is 5.93. The van der Waals surface area contributed by atoms with Crippen molar-refractivity contribution >= 4 is 12.0 Å². The van der Waals surface area contributed by atoms with Gasteiger partial charge in [0.05, 0.1) is 12.6 Å². The van der Waals surface area contributed by atoms with Gasteiger partial charge in [0.1, 0.15) is 6.04 Å². The Kier molecular flexibility index (Phi) is 3.51. The lowest BCUT2D eigenvalue weighted by Crippen LogP contribution is -2.50. The molecular weight excluding hydrogens is 224 g/mol. The van der Waals surface area contributed by atoms with Gasteiger partial charge in [-0.3, -0.25) is 0 Å². The van der Waals surface area contributed by atoms with Gasteiger partial charge in [0, 0.05) is 13.7 Å². The number of aliphatic carboxylic acids is 1. The molecule has 6 nitrogen and oxygen atoms in total. The number of carboxylic acids is 1. The highest BCUT2D eigenvalue weighted by Gasteiger charge is 2.38. The first kappa shape index (κ1) is 12.2. The van der Waals surface area contributed by atoms with Crippen molar-refractivity contribution in [1.82, 2.24) is 10.2 Å². The van der Waals surface area contributed by atoms with Crippen molar-refractivity contribution in [2.24, 2.45) is 5.92 Å². The van der Waals surface area contributed by atoms with E-state index >= 15 is 0 Å². The molecule has 2 amide bonds. The van der Waals surface area contributed by atoms with Crippen LogP contribution in [0.4, 0.5) is 4.79 Å². The van der Waals surface area contributed by atoms with Crippen LogP contribution in [0.2, 0.25) is 0 Å². The van der Waals surface area contributed by atoms with E-state index in [-0.39, 0.29) is 18.0 Å². The Labute approximate surface area is 99.9 Å². The molecule has 1 aliphatic heterocycles. The second kappa shape index (κ2) is 4.91. The van der Waals surface area contributed by atoms with Crippen molar-refractivity contribution in [3.8, 4) is 0 Å². The zero-order valence-corrected chi connectivity index (χ0v) is 9.89. The summed E-state index contributed by atoms with van der Waals surface area (Å²) in [5, 5.41) is 11.6. The molecule has 0 radical (unpaired) electrons. The van der Waals surface area contributed by atoms with Crippen LogP contribution < -0.4 is 5.32 Å². The number of hydrogen-bond acceptors (Lipinski definition) is 3. The number of carbonyl (C=O) groups is 2. The zero-order valence-electron chi connectivity index (χ0n) is 9.89. The average molecular weight is 242 g/mol. The fourth-order valence-electron chi connectivity index (χ4n) is 2.04. The Morgan fingerprint density at radius 1 is 1.41 bits per heavy atom. The second-order valence-electron chi connectivity index (χ2n) is 4.73. The summed E-state index contributed by atoms with van der Waals surface area (Å²) in [7, 11) is 1.68. The summed E-state index contributed by atoms with van der Waals surface area (Å²) in [4.78, 5) is 24.4. The van der Waals surface area contributed by atoms with Crippen LogP contribution in [0.5, 0.6) is 0 Å². The van der Waals surface area contributed by atoms with Crippen LogP contribution in [0.15, 0.2) is 0 Å². The first-order valence-corrected chi connectivity index (χ1v) is 5.93. The Hall–Kier alpha value is -1.30. The Morgan fingerprint density at radius 2 is 2.12 bits per heavy atom. The average Bonchev–Trinajstić information content (AvgIpc) is 2.98. The van der Waals surface area contributed by atoms with E-state index in [9.17, 15) is 9.59 Å². The van der Waals surface area contributed by atoms with Crippen molar-refractivity contribution < 1.29 is 19.4 Å². The molecule has 2 atom stereocenters. The molecule has 0 aromatic heterocycles. The largest absolute Gasteiger partial charge is 0.480 e. The van der Waals surface area contributed by atoms with Gasteiger partial charge in [0.15, 0.2) is 0 Å². The minimum absolute atomic E-state index is 0.0589. The number of carboxylic acid groups (broad SMARTS) is 1. The molecule has 2 fully saturated rings. The molecule has 2 rings (SSSR count). The summed E-state index contributed by atoms with van der Waals surface area (Å²) in [6.45, 7) is 1.19. The van der Waals surface area contributed by atoms with Gasteiger partial charge in [-0.2, -0.15) is 0 Å². The molecule has 0 bridgehead atoms. The predicted octanol–water partition coefficient (Wildman–Crippen LogP) is 0.280. The third-order valence-electron chi connectivity index (χ3n) is 3.41. The molecule has 2 N–H and O–H groups in total. The molecule has 1 saturated heterocycles. The summed E-state index contributed by atoms with van der Waals surface area (Å²) in [5.74, 6) is -0.846. The summed E-state index contributed by atoms with van der Waals surface area (Å²) in [5.41, 5.74) is 0. The van der Waals surface area contributed by atoms with Crippen LogP contribution in [0.25, 0.3) is 0 Å². The van der Waals surface area contributed by atoms with Crippen LogP contribution in [0, 0.1) is 5.92 Å². The fraction of sp³-hybridized carbons (Fsp3) is 0.818. The lowest BCUT2D eigenvalue weighted by Gasteiger charge is -2.25. The van der Waals surface area contributed by atoms with Gasteiger partial charge >= 0.3 is 12.0 Å². The van der Waals surface area contributed by atoms with Gasteiger partial charge in [0.25, 0.3) is 0 Å². The van der Waals surface area contributed by atoms with Gasteiger partial charge in [-0.1, -0.05) is 0 Å². The number of ether oxygens (including phenoxy) is 1. The molecule has 96 valence electrons. The maximum absolute atomic E-state index is 11.9. The monoisotopic (exact) mass is 242 g/mol. The minimum Gasteiger partial charge on any atom is -0.480 e. The lowest BCUT2D eigenvalue weighted by molar-refractivity contribution is -0.139. The quantitative estimate of drug-likeness (QED) is 0.742.